The van der Waals surface area contributed by atoms with Crippen molar-refractivity contribution in [3.63, 3.8) is 0 Å². The Balaban J connectivity index is 6.61. The summed E-state index contributed by atoms with van der Waals surface area (Å²) in [6, 6.07) is 0. The zero-order valence-corrected chi connectivity index (χ0v) is 20.5. The number of hydrogen-bond donors (Lipinski definition) is 3. The van der Waals surface area contributed by atoms with Crippen LogP contribution < -0.4 is 0 Å². The van der Waals surface area contributed by atoms with Gasteiger partial charge in [0.05, 0.1) is 11.8 Å². The zero-order valence-electron chi connectivity index (χ0n) is 19.6. The van der Waals surface area contributed by atoms with Crippen LogP contribution in [0.15, 0.2) is 48.6 Å². The molecule has 10 nitrogen and oxygen atoms in total. The maximum atomic E-state index is 12.9. The van der Waals surface area contributed by atoms with Gasteiger partial charge in [-0.3, -0.25) is 19.2 Å². The quantitative estimate of drug-likeness (QED) is 0.188. The Morgan fingerprint density at radius 1 is 0.697 bits per heavy atom. The summed E-state index contributed by atoms with van der Waals surface area (Å²) in [7, 11) is -5.76. The van der Waals surface area contributed by atoms with Gasteiger partial charge < -0.3 is 15.1 Å². The minimum atomic E-state index is -5.76. The number of hydrogen-bond acceptors (Lipinski definition) is 9. The van der Waals surface area contributed by atoms with E-state index >= 15 is 0 Å². The first-order chi connectivity index (χ1) is 14.7. The molecule has 3 N–H and O–H groups in total. The van der Waals surface area contributed by atoms with E-state index in [1.807, 2.05) is 0 Å². The van der Waals surface area contributed by atoms with E-state index in [1.54, 1.807) is 0 Å². The van der Waals surface area contributed by atoms with Crippen molar-refractivity contribution in [2.45, 2.75) is 53.1 Å². The third-order valence-electron chi connectivity index (χ3n) is 4.74. The smallest absolute Gasteiger partial charge is 0.358 e. The molecule has 0 amide bonds. The fourth-order valence-electron chi connectivity index (χ4n) is 2.71. The Labute approximate surface area is 192 Å². The molecule has 0 aliphatic rings. The lowest BCUT2D eigenvalue weighted by atomic mass is 9.88. The van der Waals surface area contributed by atoms with E-state index in [1.165, 1.54) is 13.8 Å². The monoisotopic (exact) mass is 486 g/mol. The summed E-state index contributed by atoms with van der Waals surface area (Å²) in [5.41, 5.74) is -0.916. The minimum absolute atomic E-state index is 0.109. The van der Waals surface area contributed by atoms with E-state index in [9.17, 15) is 38.8 Å². The van der Waals surface area contributed by atoms with Crippen LogP contribution >= 0.6 is 7.82 Å². The Morgan fingerprint density at radius 2 is 0.939 bits per heavy atom. The second kappa shape index (κ2) is 10.7. The first-order valence-corrected chi connectivity index (χ1v) is 11.1. The molecule has 0 heterocycles. The molecule has 0 aromatic carbocycles. The van der Waals surface area contributed by atoms with Gasteiger partial charge in [-0.2, -0.15) is 0 Å². The van der Waals surface area contributed by atoms with Crippen LogP contribution in [-0.4, -0.2) is 49.8 Å². The van der Waals surface area contributed by atoms with Crippen LogP contribution in [-0.2, 0) is 32.8 Å². The molecular weight excluding hydrogens is 455 g/mol. The highest BCUT2D eigenvalue weighted by atomic mass is 31.2. The highest BCUT2D eigenvalue weighted by Crippen LogP contribution is 2.53. The van der Waals surface area contributed by atoms with Gasteiger partial charge in [0.2, 0.25) is 11.6 Å². The van der Waals surface area contributed by atoms with Gasteiger partial charge in [0.25, 0.3) is 11.6 Å². The lowest BCUT2D eigenvalue weighted by Gasteiger charge is -2.36. The lowest BCUT2D eigenvalue weighted by Crippen LogP contribution is -2.53. The normalized spacial score (nSPS) is 18.5. The topological polar surface area (TPSA) is 164 Å². The van der Waals surface area contributed by atoms with Crippen molar-refractivity contribution < 1.29 is 47.9 Å². The van der Waals surface area contributed by atoms with Gasteiger partial charge in [0.1, 0.15) is 0 Å². The number of phosphoric acid groups is 1. The molecule has 0 bridgehead atoms. The molecule has 0 spiro atoms. The standard InChI is InChI=1S/C22H31O10P/c1-11(2)17(23)15(9)21(27,19(25)13(5)6)31-33(29,30)32-22(28,20(26)14(7)8)16(10)18(24)12(3)4/h15-16,27-28H,1,3,5,7H2,2,4,6,8-10H3,(H,29,30). The van der Waals surface area contributed by atoms with Crippen molar-refractivity contribution in [2.24, 2.45) is 11.8 Å². The Hall–Kier alpha value is -2.33. The lowest BCUT2D eigenvalue weighted by molar-refractivity contribution is -0.213. The third kappa shape index (κ3) is 6.83. The van der Waals surface area contributed by atoms with Crippen LogP contribution in [0.25, 0.3) is 0 Å². The largest absolute Gasteiger partial charge is 0.478 e. The average Bonchev–Trinajstić information content (AvgIpc) is 2.68. The molecule has 4 unspecified atom stereocenters. The molecule has 0 rings (SSSR count). The van der Waals surface area contributed by atoms with Crippen LogP contribution in [0.5, 0.6) is 0 Å². The van der Waals surface area contributed by atoms with E-state index in [0.29, 0.717) is 0 Å². The van der Waals surface area contributed by atoms with Crippen molar-refractivity contribution in [1.82, 2.24) is 0 Å². The highest BCUT2D eigenvalue weighted by molar-refractivity contribution is 7.47. The van der Waals surface area contributed by atoms with Gasteiger partial charge in [-0.25, -0.2) is 13.6 Å². The van der Waals surface area contributed by atoms with Crippen LogP contribution in [0, 0.1) is 11.8 Å². The molecular formula is C22H31O10P. The number of phosphoric ester groups is 1. The Bertz CT molecular complexity index is 904. The van der Waals surface area contributed by atoms with Crippen LogP contribution in [0.1, 0.15) is 41.5 Å². The number of carbonyl (C=O) groups is 4. The summed E-state index contributed by atoms with van der Waals surface area (Å²) in [4.78, 5) is 60.2. The van der Waals surface area contributed by atoms with E-state index < -0.39 is 54.4 Å². The van der Waals surface area contributed by atoms with Crippen molar-refractivity contribution in [2.75, 3.05) is 0 Å². The van der Waals surface area contributed by atoms with Crippen LogP contribution in [0.3, 0.4) is 0 Å². The molecule has 0 saturated heterocycles. The molecule has 184 valence electrons. The second-order valence-corrected chi connectivity index (χ2v) is 9.30. The van der Waals surface area contributed by atoms with Crippen molar-refractivity contribution in [3.8, 4) is 0 Å². The van der Waals surface area contributed by atoms with Crippen molar-refractivity contribution in [3.05, 3.63) is 48.6 Å². The Morgan fingerprint density at radius 3 is 1.12 bits per heavy atom. The number of ketones is 4. The van der Waals surface area contributed by atoms with Gasteiger partial charge in [0, 0.05) is 0 Å². The maximum Gasteiger partial charge on any atom is 0.478 e. The van der Waals surface area contributed by atoms with Gasteiger partial charge in [-0.15, -0.1) is 0 Å². The summed E-state index contributed by atoms with van der Waals surface area (Å²) in [6.45, 7) is 20.3. The van der Waals surface area contributed by atoms with E-state index in [2.05, 4.69) is 26.3 Å². The molecule has 0 fully saturated rings. The van der Waals surface area contributed by atoms with E-state index in [0.717, 1.165) is 27.7 Å². The molecule has 0 aliphatic heterocycles. The van der Waals surface area contributed by atoms with Gasteiger partial charge in [0.15, 0.2) is 11.6 Å². The summed E-state index contributed by atoms with van der Waals surface area (Å²) in [6.07, 6.45) is 0. The second-order valence-electron chi connectivity index (χ2n) is 8.00. The number of allylic oxidation sites excluding steroid dienone is 2. The predicted molar refractivity (Wildman–Crippen MR) is 120 cm³/mol. The SMILES string of the molecule is C=C(C)C(=O)C(C)C(O)(OP(=O)(O)OC(O)(C(=O)C(=C)C)C(C)C(=O)C(=C)C)C(=O)C(=C)C. The van der Waals surface area contributed by atoms with E-state index in [-0.39, 0.29) is 22.3 Å². The first kappa shape index (κ1) is 30.7. The number of aliphatic hydroxyl groups is 2. The zero-order chi connectivity index (χ0) is 26.7. The molecule has 0 aromatic rings. The maximum absolute atomic E-state index is 12.9. The highest BCUT2D eigenvalue weighted by Gasteiger charge is 2.56. The summed E-state index contributed by atoms with van der Waals surface area (Å²) >= 11 is 0. The fourth-order valence-corrected chi connectivity index (χ4v) is 3.93. The summed E-state index contributed by atoms with van der Waals surface area (Å²) in [5, 5.41) is 21.8. The Kier molecular flexibility index (Phi) is 9.97. The summed E-state index contributed by atoms with van der Waals surface area (Å²) < 4.78 is 22.2. The van der Waals surface area contributed by atoms with Gasteiger partial charge in [-0.05, 0) is 63.8 Å². The van der Waals surface area contributed by atoms with E-state index in [4.69, 9.17) is 9.05 Å². The average molecular weight is 486 g/mol. The predicted octanol–water partition coefficient (Wildman–Crippen LogP) is 2.35. The molecule has 0 aliphatic carbocycles. The molecule has 0 radical (unpaired) electrons. The summed E-state index contributed by atoms with van der Waals surface area (Å²) in [5.74, 6) is -14.6. The number of Topliss-reactive ketones (excluding diaryl/α,β-unsaturated/α-hetero) is 4. The molecule has 33 heavy (non-hydrogen) atoms. The first-order valence-electron chi connectivity index (χ1n) is 9.64. The van der Waals surface area contributed by atoms with Crippen molar-refractivity contribution in [1.29, 1.82) is 0 Å². The van der Waals surface area contributed by atoms with Crippen LogP contribution in [0.2, 0.25) is 0 Å². The number of rotatable bonds is 14. The molecule has 4 atom stereocenters. The minimum Gasteiger partial charge on any atom is -0.358 e. The molecule has 0 aromatic heterocycles. The van der Waals surface area contributed by atoms with Crippen molar-refractivity contribution >= 4 is 31.0 Å². The molecule has 0 saturated carbocycles. The van der Waals surface area contributed by atoms with Gasteiger partial charge in [-0.1, -0.05) is 26.3 Å². The molecule has 11 heteroatoms. The fraction of sp³-hybridized carbons (Fsp3) is 0.455. The third-order valence-corrected chi connectivity index (χ3v) is 5.75. The van der Waals surface area contributed by atoms with Gasteiger partial charge >= 0.3 is 7.82 Å². The van der Waals surface area contributed by atoms with Crippen LogP contribution in [0.4, 0.5) is 0 Å². The number of carbonyl (C=O) groups excluding carboxylic acids is 4.